The van der Waals surface area contributed by atoms with Crippen molar-refractivity contribution in [3.05, 3.63) is 71.9 Å². The fourth-order valence-electron chi connectivity index (χ4n) is 2.21. The third-order valence-electron chi connectivity index (χ3n) is 3.42. The van der Waals surface area contributed by atoms with Crippen LogP contribution in [0.3, 0.4) is 0 Å². The lowest BCUT2D eigenvalue weighted by Gasteiger charge is -2.12. The molecule has 0 spiro atoms. The van der Waals surface area contributed by atoms with Gasteiger partial charge in [0.25, 0.3) is 0 Å². The van der Waals surface area contributed by atoms with Crippen LogP contribution in [0.4, 0.5) is 0 Å². The number of rotatable bonds is 5. The molecule has 2 heterocycles. The molecule has 0 saturated carbocycles. The number of carboxylic acids is 1. The normalized spacial score (nSPS) is 10.4. The van der Waals surface area contributed by atoms with Crippen molar-refractivity contribution in [2.45, 2.75) is 13.5 Å². The van der Waals surface area contributed by atoms with Crippen LogP contribution in [-0.4, -0.2) is 26.0 Å². The SMILES string of the molecule is Cc1ccc(-c2ncnc(C(=O)O)c2OCc2ccccc2)cn1. The minimum Gasteiger partial charge on any atom is -0.484 e. The smallest absolute Gasteiger partial charge is 0.358 e. The van der Waals surface area contributed by atoms with Crippen molar-refractivity contribution >= 4 is 5.97 Å². The van der Waals surface area contributed by atoms with E-state index in [9.17, 15) is 9.90 Å². The van der Waals surface area contributed by atoms with E-state index in [1.165, 1.54) is 6.33 Å². The molecule has 1 N–H and O–H groups in total. The number of nitrogens with zero attached hydrogens (tertiary/aromatic N) is 3. The molecule has 2 aromatic heterocycles. The number of aromatic nitrogens is 3. The molecule has 6 nitrogen and oxygen atoms in total. The third-order valence-corrected chi connectivity index (χ3v) is 3.42. The summed E-state index contributed by atoms with van der Waals surface area (Å²) >= 11 is 0. The van der Waals surface area contributed by atoms with Crippen LogP contribution in [0.15, 0.2) is 55.0 Å². The van der Waals surface area contributed by atoms with Gasteiger partial charge in [0.05, 0.1) is 0 Å². The van der Waals surface area contributed by atoms with E-state index in [1.807, 2.05) is 49.4 Å². The molecule has 3 aromatic rings. The maximum atomic E-state index is 11.5. The molecule has 3 rings (SSSR count). The monoisotopic (exact) mass is 321 g/mol. The standard InChI is InChI=1S/C18H15N3O3/c1-12-7-8-14(9-19-12)15-17(16(18(22)23)21-11-20-15)24-10-13-5-3-2-4-6-13/h2-9,11H,10H2,1H3,(H,22,23). The maximum Gasteiger partial charge on any atom is 0.358 e. The molecular formula is C18H15N3O3. The first-order valence-electron chi connectivity index (χ1n) is 7.33. The van der Waals surface area contributed by atoms with Gasteiger partial charge in [-0.2, -0.15) is 0 Å². The predicted molar refractivity (Wildman–Crippen MR) is 87.7 cm³/mol. The fraction of sp³-hybridized carbons (Fsp3) is 0.111. The van der Waals surface area contributed by atoms with Gasteiger partial charge < -0.3 is 9.84 Å². The second-order valence-electron chi connectivity index (χ2n) is 5.17. The third kappa shape index (κ3) is 3.38. The molecule has 0 aliphatic carbocycles. The van der Waals surface area contributed by atoms with Gasteiger partial charge in [-0.25, -0.2) is 14.8 Å². The van der Waals surface area contributed by atoms with E-state index in [0.29, 0.717) is 11.3 Å². The molecule has 0 saturated heterocycles. The maximum absolute atomic E-state index is 11.5. The summed E-state index contributed by atoms with van der Waals surface area (Å²) in [6, 6.07) is 13.1. The van der Waals surface area contributed by atoms with Gasteiger partial charge in [0.1, 0.15) is 18.6 Å². The Labute approximate surface area is 138 Å². The second-order valence-corrected chi connectivity index (χ2v) is 5.17. The average molecular weight is 321 g/mol. The van der Waals surface area contributed by atoms with Crippen molar-refractivity contribution in [1.82, 2.24) is 15.0 Å². The lowest BCUT2D eigenvalue weighted by Crippen LogP contribution is -2.08. The van der Waals surface area contributed by atoms with Gasteiger partial charge in [0.15, 0.2) is 11.4 Å². The zero-order valence-corrected chi connectivity index (χ0v) is 13.0. The first-order valence-corrected chi connectivity index (χ1v) is 7.33. The van der Waals surface area contributed by atoms with E-state index < -0.39 is 5.97 Å². The minimum atomic E-state index is -1.17. The number of carboxylic acid groups (broad SMARTS) is 1. The Bertz CT molecular complexity index is 849. The van der Waals surface area contributed by atoms with Gasteiger partial charge in [-0.1, -0.05) is 30.3 Å². The van der Waals surface area contributed by atoms with Crippen LogP contribution in [0.25, 0.3) is 11.3 Å². The largest absolute Gasteiger partial charge is 0.484 e. The van der Waals surface area contributed by atoms with E-state index in [0.717, 1.165) is 11.3 Å². The van der Waals surface area contributed by atoms with Crippen molar-refractivity contribution in [1.29, 1.82) is 0 Å². The Morgan fingerprint density at radius 2 is 1.88 bits per heavy atom. The highest BCUT2D eigenvalue weighted by Gasteiger charge is 2.20. The molecule has 0 aliphatic heterocycles. The number of ether oxygens (including phenoxy) is 1. The van der Waals surface area contributed by atoms with Crippen LogP contribution < -0.4 is 4.74 Å². The number of hydrogen-bond acceptors (Lipinski definition) is 5. The van der Waals surface area contributed by atoms with E-state index >= 15 is 0 Å². The van der Waals surface area contributed by atoms with Crippen molar-refractivity contribution in [2.75, 3.05) is 0 Å². The summed E-state index contributed by atoms with van der Waals surface area (Å²) < 4.78 is 5.77. The van der Waals surface area contributed by atoms with Crippen molar-refractivity contribution in [2.24, 2.45) is 0 Å². The Kier molecular flexibility index (Phi) is 4.47. The van der Waals surface area contributed by atoms with Crippen LogP contribution >= 0.6 is 0 Å². The summed E-state index contributed by atoms with van der Waals surface area (Å²) in [5.74, 6) is -1.03. The highest BCUT2D eigenvalue weighted by atomic mass is 16.5. The average Bonchev–Trinajstić information content (AvgIpc) is 2.61. The molecule has 6 heteroatoms. The van der Waals surface area contributed by atoms with Gasteiger partial charge >= 0.3 is 5.97 Å². The van der Waals surface area contributed by atoms with Gasteiger partial charge in [-0.3, -0.25) is 4.98 Å². The van der Waals surface area contributed by atoms with Gasteiger partial charge in [0, 0.05) is 17.5 Å². The van der Waals surface area contributed by atoms with E-state index in [2.05, 4.69) is 15.0 Å². The zero-order valence-electron chi connectivity index (χ0n) is 13.0. The Balaban J connectivity index is 2.00. The van der Waals surface area contributed by atoms with Crippen molar-refractivity contribution < 1.29 is 14.6 Å². The fourth-order valence-corrected chi connectivity index (χ4v) is 2.21. The number of carbonyl (C=O) groups is 1. The van der Waals surface area contributed by atoms with Crippen LogP contribution in [0.2, 0.25) is 0 Å². The van der Waals surface area contributed by atoms with E-state index in [-0.39, 0.29) is 18.1 Å². The first kappa shape index (κ1) is 15.6. The van der Waals surface area contributed by atoms with Crippen LogP contribution in [0.5, 0.6) is 5.75 Å². The van der Waals surface area contributed by atoms with Crippen LogP contribution in [0, 0.1) is 6.92 Å². The number of pyridine rings is 1. The first-order chi connectivity index (χ1) is 11.6. The Morgan fingerprint density at radius 1 is 1.08 bits per heavy atom. The lowest BCUT2D eigenvalue weighted by atomic mass is 10.1. The predicted octanol–water partition coefficient (Wildman–Crippen LogP) is 3.12. The summed E-state index contributed by atoms with van der Waals surface area (Å²) in [6.07, 6.45) is 2.85. The summed E-state index contributed by atoms with van der Waals surface area (Å²) in [5.41, 5.74) is 2.69. The highest BCUT2D eigenvalue weighted by molar-refractivity contribution is 5.91. The Hall–Kier alpha value is -3.28. The summed E-state index contributed by atoms with van der Waals surface area (Å²) in [6.45, 7) is 2.10. The number of benzene rings is 1. The summed E-state index contributed by atoms with van der Waals surface area (Å²) in [5, 5.41) is 9.39. The quantitative estimate of drug-likeness (QED) is 0.777. The van der Waals surface area contributed by atoms with Crippen LogP contribution in [-0.2, 0) is 6.61 Å². The number of aryl methyl sites for hydroxylation is 1. The molecule has 0 radical (unpaired) electrons. The molecule has 24 heavy (non-hydrogen) atoms. The number of hydrogen-bond donors (Lipinski definition) is 1. The molecule has 0 unspecified atom stereocenters. The highest BCUT2D eigenvalue weighted by Crippen LogP contribution is 2.30. The molecule has 0 bridgehead atoms. The summed E-state index contributed by atoms with van der Waals surface area (Å²) in [4.78, 5) is 23.7. The van der Waals surface area contributed by atoms with Crippen LogP contribution in [0.1, 0.15) is 21.7 Å². The second kappa shape index (κ2) is 6.87. The molecule has 0 atom stereocenters. The van der Waals surface area contributed by atoms with E-state index in [1.54, 1.807) is 6.20 Å². The molecule has 120 valence electrons. The molecule has 1 aromatic carbocycles. The molecule has 0 amide bonds. The number of aromatic carboxylic acids is 1. The van der Waals surface area contributed by atoms with Gasteiger partial charge in [-0.05, 0) is 24.6 Å². The topological polar surface area (TPSA) is 85.2 Å². The lowest BCUT2D eigenvalue weighted by molar-refractivity contribution is 0.0684. The minimum absolute atomic E-state index is 0.138. The zero-order chi connectivity index (χ0) is 16.9. The Morgan fingerprint density at radius 3 is 2.54 bits per heavy atom. The molecule has 0 fully saturated rings. The van der Waals surface area contributed by atoms with Crippen molar-refractivity contribution in [3.63, 3.8) is 0 Å². The molecule has 0 aliphatic rings. The van der Waals surface area contributed by atoms with Crippen molar-refractivity contribution in [3.8, 4) is 17.0 Å². The molecular weight excluding hydrogens is 306 g/mol. The van der Waals surface area contributed by atoms with Gasteiger partial charge in [0.2, 0.25) is 0 Å². The summed E-state index contributed by atoms with van der Waals surface area (Å²) in [7, 11) is 0. The van der Waals surface area contributed by atoms with E-state index in [4.69, 9.17) is 4.74 Å². The van der Waals surface area contributed by atoms with Gasteiger partial charge in [-0.15, -0.1) is 0 Å².